The fourth-order valence-electron chi connectivity index (χ4n) is 2.03. The van der Waals surface area contributed by atoms with Gasteiger partial charge in [-0.1, -0.05) is 15.9 Å². The molecule has 0 fully saturated rings. The summed E-state index contributed by atoms with van der Waals surface area (Å²) in [4.78, 5) is 0. The number of fused-ring (bicyclic) bond motifs is 1. The SMILES string of the molecule is BrCCCc1coc2c1CCCC2. The van der Waals surface area contributed by atoms with Gasteiger partial charge in [0.2, 0.25) is 0 Å². The van der Waals surface area contributed by atoms with E-state index in [0.717, 1.165) is 11.8 Å². The van der Waals surface area contributed by atoms with Crippen molar-refractivity contribution in [3.63, 3.8) is 0 Å². The molecule has 1 heterocycles. The Hall–Kier alpha value is -0.240. The van der Waals surface area contributed by atoms with E-state index in [1.54, 1.807) is 0 Å². The molecule has 0 bridgehead atoms. The van der Waals surface area contributed by atoms with Crippen LogP contribution in [0.5, 0.6) is 0 Å². The van der Waals surface area contributed by atoms with Crippen LogP contribution < -0.4 is 0 Å². The Morgan fingerprint density at radius 2 is 2.15 bits per heavy atom. The highest BCUT2D eigenvalue weighted by atomic mass is 79.9. The number of halogens is 1. The topological polar surface area (TPSA) is 13.1 Å². The highest BCUT2D eigenvalue weighted by Crippen LogP contribution is 2.26. The van der Waals surface area contributed by atoms with Crippen molar-refractivity contribution in [2.24, 2.45) is 0 Å². The van der Waals surface area contributed by atoms with Gasteiger partial charge in [0.25, 0.3) is 0 Å². The summed E-state index contributed by atoms with van der Waals surface area (Å²) < 4.78 is 5.57. The molecule has 1 aromatic rings. The van der Waals surface area contributed by atoms with Gasteiger partial charge in [0, 0.05) is 11.8 Å². The predicted molar refractivity (Wildman–Crippen MR) is 57.5 cm³/mol. The molecule has 2 heteroatoms. The van der Waals surface area contributed by atoms with Gasteiger partial charge in [0.15, 0.2) is 0 Å². The smallest absolute Gasteiger partial charge is 0.107 e. The normalized spacial score (nSPS) is 15.8. The molecule has 1 aliphatic rings. The molecular weight excluding hydrogens is 228 g/mol. The van der Waals surface area contributed by atoms with Gasteiger partial charge in [-0.3, -0.25) is 0 Å². The summed E-state index contributed by atoms with van der Waals surface area (Å²) in [5, 5.41) is 1.09. The standard InChI is InChI=1S/C11H15BrO/c12-7-3-4-9-8-13-11-6-2-1-5-10(9)11/h8H,1-7H2. The van der Waals surface area contributed by atoms with E-state index in [-0.39, 0.29) is 0 Å². The zero-order valence-electron chi connectivity index (χ0n) is 7.81. The van der Waals surface area contributed by atoms with E-state index >= 15 is 0 Å². The average molecular weight is 243 g/mol. The van der Waals surface area contributed by atoms with Crippen LogP contribution in [-0.4, -0.2) is 5.33 Å². The van der Waals surface area contributed by atoms with Crippen molar-refractivity contribution in [3.05, 3.63) is 23.2 Å². The molecule has 0 aliphatic heterocycles. The summed E-state index contributed by atoms with van der Waals surface area (Å²) in [6.07, 6.45) is 9.40. The first-order valence-corrected chi connectivity index (χ1v) is 6.18. The number of aryl methyl sites for hydroxylation is 2. The Bertz CT molecular complexity index is 278. The van der Waals surface area contributed by atoms with Crippen molar-refractivity contribution >= 4 is 15.9 Å². The van der Waals surface area contributed by atoms with Crippen molar-refractivity contribution in [2.75, 3.05) is 5.33 Å². The second-order valence-electron chi connectivity index (χ2n) is 3.66. The van der Waals surface area contributed by atoms with E-state index < -0.39 is 0 Å². The van der Waals surface area contributed by atoms with Crippen LogP contribution in [0.15, 0.2) is 10.7 Å². The highest BCUT2D eigenvalue weighted by Gasteiger charge is 2.16. The van der Waals surface area contributed by atoms with Gasteiger partial charge < -0.3 is 4.42 Å². The minimum absolute atomic E-state index is 1.09. The van der Waals surface area contributed by atoms with Crippen LogP contribution in [0.25, 0.3) is 0 Å². The molecule has 0 spiro atoms. The van der Waals surface area contributed by atoms with Gasteiger partial charge in [-0.05, 0) is 43.2 Å². The largest absolute Gasteiger partial charge is 0.469 e. The van der Waals surface area contributed by atoms with Gasteiger partial charge in [-0.15, -0.1) is 0 Å². The third-order valence-corrected chi connectivity index (χ3v) is 3.29. The van der Waals surface area contributed by atoms with Crippen molar-refractivity contribution in [3.8, 4) is 0 Å². The van der Waals surface area contributed by atoms with Crippen LogP contribution >= 0.6 is 15.9 Å². The summed E-state index contributed by atoms with van der Waals surface area (Å²) in [6, 6.07) is 0. The lowest BCUT2D eigenvalue weighted by Gasteiger charge is -2.10. The molecule has 0 N–H and O–H groups in total. The number of rotatable bonds is 3. The predicted octanol–water partition coefficient (Wildman–Crippen LogP) is 3.49. The molecule has 1 aliphatic carbocycles. The third-order valence-electron chi connectivity index (χ3n) is 2.73. The molecule has 2 rings (SSSR count). The van der Waals surface area contributed by atoms with E-state index in [2.05, 4.69) is 15.9 Å². The lowest BCUT2D eigenvalue weighted by Crippen LogP contribution is -2.01. The van der Waals surface area contributed by atoms with Crippen LogP contribution in [0.1, 0.15) is 36.1 Å². The highest BCUT2D eigenvalue weighted by molar-refractivity contribution is 9.09. The molecular formula is C11H15BrO. The van der Waals surface area contributed by atoms with E-state index in [4.69, 9.17) is 4.42 Å². The first-order valence-electron chi connectivity index (χ1n) is 5.06. The van der Waals surface area contributed by atoms with Crippen molar-refractivity contribution in [2.45, 2.75) is 38.5 Å². The first kappa shape index (κ1) is 9.32. The maximum absolute atomic E-state index is 5.57. The average Bonchev–Trinajstić information content (AvgIpc) is 2.58. The van der Waals surface area contributed by atoms with Crippen LogP contribution in [0.2, 0.25) is 0 Å². The zero-order chi connectivity index (χ0) is 9.10. The Balaban J connectivity index is 2.12. The lowest BCUT2D eigenvalue weighted by atomic mass is 9.94. The van der Waals surface area contributed by atoms with Gasteiger partial charge in [0.1, 0.15) is 5.76 Å². The summed E-state index contributed by atoms with van der Waals surface area (Å²) in [6.45, 7) is 0. The van der Waals surface area contributed by atoms with Gasteiger partial charge in [0.05, 0.1) is 6.26 Å². The summed E-state index contributed by atoms with van der Waals surface area (Å²) in [5.74, 6) is 1.26. The summed E-state index contributed by atoms with van der Waals surface area (Å²) in [7, 11) is 0. The number of furan rings is 1. The Kier molecular flexibility index (Phi) is 3.09. The van der Waals surface area contributed by atoms with Crippen molar-refractivity contribution in [1.82, 2.24) is 0 Å². The van der Waals surface area contributed by atoms with Crippen LogP contribution in [-0.2, 0) is 19.3 Å². The molecule has 13 heavy (non-hydrogen) atoms. The molecule has 72 valence electrons. The minimum atomic E-state index is 1.09. The summed E-state index contributed by atoms with van der Waals surface area (Å²) >= 11 is 3.46. The van der Waals surface area contributed by atoms with Gasteiger partial charge in [-0.25, -0.2) is 0 Å². The second-order valence-corrected chi connectivity index (χ2v) is 4.46. The first-order chi connectivity index (χ1) is 6.42. The van der Waals surface area contributed by atoms with Crippen LogP contribution in [0.4, 0.5) is 0 Å². The third kappa shape index (κ3) is 1.98. The molecule has 0 saturated heterocycles. The molecule has 0 aromatic carbocycles. The van der Waals surface area contributed by atoms with Crippen molar-refractivity contribution < 1.29 is 4.42 Å². The molecule has 0 atom stereocenters. The number of hydrogen-bond acceptors (Lipinski definition) is 1. The van der Waals surface area contributed by atoms with E-state index in [1.165, 1.54) is 49.0 Å². The number of hydrogen-bond donors (Lipinski definition) is 0. The fourth-order valence-corrected chi connectivity index (χ4v) is 2.31. The molecule has 0 unspecified atom stereocenters. The number of alkyl halides is 1. The van der Waals surface area contributed by atoms with Gasteiger partial charge in [-0.2, -0.15) is 0 Å². The Labute approximate surface area is 87.6 Å². The van der Waals surface area contributed by atoms with E-state index in [0.29, 0.717) is 0 Å². The van der Waals surface area contributed by atoms with E-state index in [9.17, 15) is 0 Å². The van der Waals surface area contributed by atoms with E-state index in [1.807, 2.05) is 6.26 Å². The zero-order valence-corrected chi connectivity index (χ0v) is 9.40. The molecule has 0 saturated carbocycles. The maximum Gasteiger partial charge on any atom is 0.107 e. The molecule has 1 nitrogen and oxygen atoms in total. The quantitative estimate of drug-likeness (QED) is 0.740. The Morgan fingerprint density at radius 1 is 1.31 bits per heavy atom. The molecule has 0 radical (unpaired) electrons. The lowest BCUT2D eigenvalue weighted by molar-refractivity contribution is 0.477. The monoisotopic (exact) mass is 242 g/mol. The summed E-state index contributed by atoms with van der Waals surface area (Å²) in [5.41, 5.74) is 2.97. The fraction of sp³-hybridized carbons (Fsp3) is 0.636. The van der Waals surface area contributed by atoms with Crippen molar-refractivity contribution in [1.29, 1.82) is 0 Å². The van der Waals surface area contributed by atoms with Gasteiger partial charge >= 0.3 is 0 Å². The molecule has 0 amide bonds. The Morgan fingerprint density at radius 3 is 3.00 bits per heavy atom. The van der Waals surface area contributed by atoms with Crippen LogP contribution in [0, 0.1) is 0 Å². The molecule has 1 aromatic heterocycles. The maximum atomic E-state index is 5.57. The second kappa shape index (κ2) is 4.32. The minimum Gasteiger partial charge on any atom is -0.469 e. The van der Waals surface area contributed by atoms with Crippen LogP contribution in [0.3, 0.4) is 0 Å².